The van der Waals surface area contributed by atoms with Crippen LogP contribution in [0.4, 0.5) is 0 Å². The SMILES string of the molecule is CC/C=C\C/C=C\C/C=C\C/C=C\CCCCCCC(=O)O[C@H](COC(=O)CCCCC/C=C\C/C=C\C/C=C\C/C=C\CCCCC)COC(=O)CCCCCCCCCCCCCCC. The Morgan fingerprint density at radius 3 is 0.955 bits per heavy atom. The fraction of sp³-hybridized carbons (Fsp3) is 0.689. The van der Waals surface area contributed by atoms with Gasteiger partial charge in [-0.05, 0) is 103 Å². The molecule has 382 valence electrons. The summed E-state index contributed by atoms with van der Waals surface area (Å²) in [5.74, 6) is -0.951. The first-order valence-corrected chi connectivity index (χ1v) is 27.7. The van der Waals surface area contributed by atoms with E-state index in [0.29, 0.717) is 19.3 Å². The van der Waals surface area contributed by atoms with Crippen LogP contribution in [0, 0.1) is 0 Å². The molecule has 0 aromatic heterocycles. The van der Waals surface area contributed by atoms with Gasteiger partial charge in [0.05, 0.1) is 0 Å². The van der Waals surface area contributed by atoms with E-state index in [9.17, 15) is 14.4 Å². The Balaban J connectivity index is 4.49. The normalized spacial score (nSPS) is 12.8. The molecule has 0 bridgehead atoms. The van der Waals surface area contributed by atoms with Crippen LogP contribution < -0.4 is 0 Å². The van der Waals surface area contributed by atoms with E-state index in [0.717, 1.165) is 122 Å². The minimum absolute atomic E-state index is 0.0970. The molecule has 6 nitrogen and oxygen atoms in total. The summed E-state index contributed by atoms with van der Waals surface area (Å²) in [4.78, 5) is 38.1. The molecule has 0 saturated heterocycles. The Hall–Kier alpha value is -3.67. The van der Waals surface area contributed by atoms with Crippen LogP contribution in [0.3, 0.4) is 0 Å². The van der Waals surface area contributed by atoms with Crippen molar-refractivity contribution in [1.82, 2.24) is 0 Å². The van der Waals surface area contributed by atoms with Crippen LogP contribution in [0.15, 0.2) is 97.2 Å². The molecule has 0 unspecified atom stereocenters. The second-order valence-corrected chi connectivity index (χ2v) is 18.1. The zero-order valence-corrected chi connectivity index (χ0v) is 43.6. The van der Waals surface area contributed by atoms with Crippen molar-refractivity contribution >= 4 is 17.9 Å². The second-order valence-electron chi connectivity index (χ2n) is 18.1. The lowest BCUT2D eigenvalue weighted by molar-refractivity contribution is -0.167. The average molecular weight is 931 g/mol. The van der Waals surface area contributed by atoms with Crippen LogP contribution in [0.25, 0.3) is 0 Å². The first-order chi connectivity index (χ1) is 33.0. The summed E-state index contributed by atoms with van der Waals surface area (Å²) in [5, 5.41) is 0. The highest BCUT2D eigenvalue weighted by molar-refractivity contribution is 5.71. The van der Waals surface area contributed by atoms with Crippen molar-refractivity contribution in [2.24, 2.45) is 0 Å². The number of carbonyl (C=O) groups excluding carboxylic acids is 3. The van der Waals surface area contributed by atoms with Crippen molar-refractivity contribution in [3.63, 3.8) is 0 Å². The molecule has 0 amide bonds. The number of allylic oxidation sites excluding steroid dienone is 16. The van der Waals surface area contributed by atoms with Crippen molar-refractivity contribution < 1.29 is 28.6 Å². The van der Waals surface area contributed by atoms with Gasteiger partial charge in [0, 0.05) is 19.3 Å². The summed E-state index contributed by atoms with van der Waals surface area (Å²) < 4.78 is 16.8. The molecule has 1 atom stereocenters. The fourth-order valence-corrected chi connectivity index (χ4v) is 7.42. The van der Waals surface area contributed by atoms with Crippen LogP contribution in [0.2, 0.25) is 0 Å². The maximum atomic E-state index is 12.8. The standard InChI is InChI=1S/C61H102O6/c1-4-7-10-13-16-19-22-25-27-29-30-32-33-36-39-42-45-48-51-54-60(63)66-57-58(56-65-59(62)53-50-47-44-41-38-35-24-21-18-15-12-9-6-3)67-61(64)55-52-49-46-43-40-37-34-31-28-26-23-20-17-14-11-8-5-2/h8,11,16-17,19-20,25-28,30,32,34,36-37,39,58H,4-7,9-10,12-15,18,21-24,29,31,33,35,38,40-57H2,1-3H3/b11-8-,19-16-,20-17-,27-25-,28-26-,32-30-,37-34-,39-36-/t58-/m0/s1. The molecule has 0 aliphatic rings. The number of carbonyl (C=O) groups is 3. The van der Waals surface area contributed by atoms with Crippen molar-refractivity contribution in [3.8, 4) is 0 Å². The highest BCUT2D eigenvalue weighted by Crippen LogP contribution is 2.14. The molecule has 0 aliphatic heterocycles. The second kappa shape index (κ2) is 54.9. The third kappa shape index (κ3) is 53.2. The van der Waals surface area contributed by atoms with Crippen molar-refractivity contribution in [1.29, 1.82) is 0 Å². The fourth-order valence-electron chi connectivity index (χ4n) is 7.42. The van der Waals surface area contributed by atoms with Gasteiger partial charge in [0.2, 0.25) is 0 Å². The van der Waals surface area contributed by atoms with E-state index in [2.05, 4.69) is 118 Å². The van der Waals surface area contributed by atoms with E-state index in [1.54, 1.807) is 0 Å². The number of rotatable bonds is 49. The number of ether oxygens (including phenoxy) is 3. The lowest BCUT2D eigenvalue weighted by Crippen LogP contribution is -2.30. The molecule has 0 N–H and O–H groups in total. The highest BCUT2D eigenvalue weighted by Gasteiger charge is 2.19. The van der Waals surface area contributed by atoms with Crippen LogP contribution >= 0.6 is 0 Å². The van der Waals surface area contributed by atoms with Gasteiger partial charge < -0.3 is 14.2 Å². The quantitative estimate of drug-likeness (QED) is 0.0262. The molecule has 0 heterocycles. The molecule has 0 saturated carbocycles. The summed E-state index contributed by atoms with van der Waals surface area (Å²) >= 11 is 0. The Morgan fingerprint density at radius 2 is 0.582 bits per heavy atom. The average Bonchev–Trinajstić information content (AvgIpc) is 3.33. The van der Waals surface area contributed by atoms with Gasteiger partial charge >= 0.3 is 17.9 Å². The molecule has 6 heteroatoms. The zero-order valence-electron chi connectivity index (χ0n) is 43.6. The highest BCUT2D eigenvalue weighted by atomic mass is 16.6. The van der Waals surface area contributed by atoms with Crippen molar-refractivity contribution in [3.05, 3.63) is 97.2 Å². The Kier molecular flexibility index (Phi) is 51.9. The van der Waals surface area contributed by atoms with E-state index in [1.165, 1.54) is 89.9 Å². The third-order valence-corrected chi connectivity index (χ3v) is 11.6. The Labute approximate surface area is 413 Å². The van der Waals surface area contributed by atoms with E-state index >= 15 is 0 Å². The lowest BCUT2D eigenvalue weighted by Gasteiger charge is -2.18. The molecular weight excluding hydrogens is 829 g/mol. The molecule has 0 aliphatic carbocycles. The van der Waals surface area contributed by atoms with Gasteiger partial charge in [0.25, 0.3) is 0 Å². The van der Waals surface area contributed by atoms with Crippen LogP contribution in [-0.2, 0) is 28.6 Å². The maximum absolute atomic E-state index is 12.8. The predicted molar refractivity (Wildman–Crippen MR) is 288 cm³/mol. The monoisotopic (exact) mass is 931 g/mol. The van der Waals surface area contributed by atoms with E-state index in [-0.39, 0.29) is 31.1 Å². The van der Waals surface area contributed by atoms with Gasteiger partial charge in [-0.2, -0.15) is 0 Å². The molecular formula is C61H102O6. The van der Waals surface area contributed by atoms with Crippen molar-refractivity contribution in [2.75, 3.05) is 13.2 Å². The minimum Gasteiger partial charge on any atom is -0.462 e. The van der Waals surface area contributed by atoms with Gasteiger partial charge in [0.1, 0.15) is 13.2 Å². The number of hydrogen-bond donors (Lipinski definition) is 0. The van der Waals surface area contributed by atoms with Gasteiger partial charge in [0.15, 0.2) is 6.10 Å². The number of hydrogen-bond acceptors (Lipinski definition) is 6. The van der Waals surface area contributed by atoms with E-state index in [4.69, 9.17) is 14.2 Å². The molecule has 0 spiro atoms. The topological polar surface area (TPSA) is 78.9 Å². The molecule has 0 aromatic rings. The minimum atomic E-state index is -0.803. The summed E-state index contributed by atoms with van der Waals surface area (Å²) in [6.07, 6.45) is 72.4. The lowest BCUT2D eigenvalue weighted by atomic mass is 10.0. The number of unbranched alkanes of at least 4 members (excludes halogenated alkanes) is 22. The summed E-state index contributed by atoms with van der Waals surface area (Å²) in [6.45, 7) is 6.45. The number of esters is 3. The Morgan fingerprint density at radius 1 is 0.313 bits per heavy atom. The molecule has 0 fully saturated rings. The van der Waals surface area contributed by atoms with Gasteiger partial charge in [-0.3, -0.25) is 14.4 Å². The van der Waals surface area contributed by atoms with Gasteiger partial charge in [-0.25, -0.2) is 0 Å². The van der Waals surface area contributed by atoms with Crippen LogP contribution in [0.1, 0.15) is 252 Å². The predicted octanol–water partition coefficient (Wildman–Crippen LogP) is 18.5. The summed E-state index contributed by atoms with van der Waals surface area (Å²) in [6, 6.07) is 0. The van der Waals surface area contributed by atoms with Crippen LogP contribution in [0.5, 0.6) is 0 Å². The molecule has 0 rings (SSSR count). The zero-order chi connectivity index (χ0) is 48.6. The molecule has 0 radical (unpaired) electrons. The van der Waals surface area contributed by atoms with Gasteiger partial charge in [-0.1, -0.05) is 227 Å². The third-order valence-electron chi connectivity index (χ3n) is 11.6. The smallest absolute Gasteiger partial charge is 0.306 e. The first-order valence-electron chi connectivity index (χ1n) is 27.7. The largest absolute Gasteiger partial charge is 0.462 e. The summed E-state index contributed by atoms with van der Waals surface area (Å²) in [7, 11) is 0. The maximum Gasteiger partial charge on any atom is 0.306 e. The summed E-state index contributed by atoms with van der Waals surface area (Å²) in [5.41, 5.74) is 0. The molecule has 67 heavy (non-hydrogen) atoms. The first kappa shape index (κ1) is 63.3. The van der Waals surface area contributed by atoms with Gasteiger partial charge in [-0.15, -0.1) is 0 Å². The van der Waals surface area contributed by atoms with E-state index in [1.807, 2.05) is 0 Å². The van der Waals surface area contributed by atoms with Crippen molar-refractivity contribution in [2.45, 2.75) is 258 Å². The Bertz CT molecular complexity index is 1350. The van der Waals surface area contributed by atoms with Crippen LogP contribution in [-0.4, -0.2) is 37.2 Å². The molecule has 0 aromatic carbocycles. The van der Waals surface area contributed by atoms with E-state index < -0.39 is 6.10 Å².